The Balaban J connectivity index is 2.94. The first-order valence-corrected chi connectivity index (χ1v) is 5.92. The third kappa shape index (κ3) is 3.09. The van der Waals surface area contributed by atoms with Crippen LogP contribution in [0, 0.1) is 5.92 Å². The summed E-state index contributed by atoms with van der Waals surface area (Å²) in [5, 5.41) is 9.66. The van der Waals surface area contributed by atoms with Crippen molar-refractivity contribution in [3.05, 3.63) is 29.3 Å². The zero-order chi connectivity index (χ0) is 12.1. The van der Waals surface area contributed by atoms with E-state index in [-0.39, 0.29) is 17.5 Å². The highest BCUT2D eigenvalue weighted by Crippen LogP contribution is 2.22. The monoisotopic (exact) mass is 220 g/mol. The molecule has 0 atom stereocenters. The maximum absolute atomic E-state index is 11.8. The molecule has 2 nitrogen and oxygen atoms in total. The molecule has 0 saturated heterocycles. The Morgan fingerprint density at radius 3 is 2.62 bits per heavy atom. The van der Waals surface area contributed by atoms with Gasteiger partial charge >= 0.3 is 0 Å². The highest BCUT2D eigenvalue weighted by Gasteiger charge is 2.15. The van der Waals surface area contributed by atoms with E-state index in [2.05, 4.69) is 6.92 Å². The largest absolute Gasteiger partial charge is 0.507 e. The first kappa shape index (κ1) is 12.8. The number of aromatic hydroxyl groups is 1. The van der Waals surface area contributed by atoms with Gasteiger partial charge in [-0.1, -0.05) is 33.3 Å². The van der Waals surface area contributed by atoms with Crippen molar-refractivity contribution in [3.63, 3.8) is 0 Å². The third-order valence-corrected chi connectivity index (χ3v) is 2.67. The summed E-state index contributed by atoms with van der Waals surface area (Å²) in [6.07, 6.45) is 3.21. The van der Waals surface area contributed by atoms with Crippen LogP contribution >= 0.6 is 0 Å². The van der Waals surface area contributed by atoms with Gasteiger partial charge in [0.1, 0.15) is 5.75 Å². The minimum absolute atomic E-state index is 0.0100. The van der Waals surface area contributed by atoms with E-state index in [9.17, 15) is 9.90 Å². The van der Waals surface area contributed by atoms with E-state index in [4.69, 9.17) is 0 Å². The fraction of sp³-hybridized carbons (Fsp3) is 0.500. The predicted octanol–water partition coefficient (Wildman–Crippen LogP) is 3.57. The third-order valence-electron chi connectivity index (χ3n) is 2.67. The molecule has 0 aromatic heterocycles. The lowest BCUT2D eigenvalue weighted by molar-refractivity contribution is 0.0936. The molecule has 0 unspecified atom stereocenters. The van der Waals surface area contributed by atoms with Crippen molar-refractivity contribution in [2.24, 2.45) is 5.92 Å². The summed E-state index contributed by atoms with van der Waals surface area (Å²) in [7, 11) is 0. The lowest BCUT2D eigenvalue weighted by Gasteiger charge is -2.08. The lowest BCUT2D eigenvalue weighted by Crippen LogP contribution is -2.08. The van der Waals surface area contributed by atoms with Crippen LogP contribution in [0.2, 0.25) is 0 Å². The van der Waals surface area contributed by atoms with Crippen molar-refractivity contribution >= 4 is 5.78 Å². The van der Waals surface area contributed by atoms with Gasteiger partial charge in [0.05, 0.1) is 5.56 Å². The number of benzene rings is 1. The zero-order valence-corrected chi connectivity index (χ0v) is 10.3. The molecule has 0 aliphatic rings. The van der Waals surface area contributed by atoms with E-state index in [1.54, 1.807) is 6.07 Å². The van der Waals surface area contributed by atoms with E-state index in [0.29, 0.717) is 5.56 Å². The van der Waals surface area contributed by atoms with Crippen LogP contribution in [0.3, 0.4) is 0 Å². The maximum atomic E-state index is 11.8. The number of hydrogen-bond donors (Lipinski definition) is 1. The van der Waals surface area contributed by atoms with Crippen molar-refractivity contribution in [3.8, 4) is 5.75 Å². The topological polar surface area (TPSA) is 37.3 Å². The average molecular weight is 220 g/mol. The number of unbranched alkanes of at least 4 members (excludes halogenated alkanes) is 1. The van der Waals surface area contributed by atoms with Crippen molar-refractivity contribution in [1.29, 1.82) is 0 Å². The van der Waals surface area contributed by atoms with Crippen LogP contribution in [-0.2, 0) is 6.42 Å². The molecule has 0 saturated carbocycles. The fourth-order valence-electron chi connectivity index (χ4n) is 1.63. The standard InChI is InChI=1S/C14H20O2/c1-4-5-6-11-7-8-13(15)12(9-11)14(16)10(2)3/h7-10,15H,4-6H2,1-3H3. The summed E-state index contributed by atoms with van der Waals surface area (Å²) < 4.78 is 0. The molecule has 0 spiro atoms. The number of hydrogen-bond acceptors (Lipinski definition) is 2. The van der Waals surface area contributed by atoms with Gasteiger partial charge in [-0.2, -0.15) is 0 Å². The molecule has 0 radical (unpaired) electrons. The Hall–Kier alpha value is -1.31. The SMILES string of the molecule is CCCCc1ccc(O)c(C(=O)C(C)C)c1. The lowest BCUT2D eigenvalue weighted by atomic mass is 9.97. The zero-order valence-electron chi connectivity index (χ0n) is 10.3. The summed E-state index contributed by atoms with van der Waals surface area (Å²) in [5.74, 6) is 0.0297. The van der Waals surface area contributed by atoms with Crippen molar-refractivity contribution in [2.75, 3.05) is 0 Å². The number of phenols is 1. The molecule has 16 heavy (non-hydrogen) atoms. The van der Waals surface area contributed by atoms with Gasteiger partial charge < -0.3 is 5.11 Å². The number of phenolic OH excluding ortho intramolecular Hbond substituents is 1. The molecule has 88 valence electrons. The summed E-state index contributed by atoms with van der Waals surface area (Å²) in [5.41, 5.74) is 1.59. The number of carbonyl (C=O) groups excluding carboxylic acids is 1. The molecular weight excluding hydrogens is 200 g/mol. The van der Waals surface area contributed by atoms with E-state index in [1.807, 2.05) is 26.0 Å². The molecule has 0 heterocycles. The van der Waals surface area contributed by atoms with Crippen LogP contribution < -0.4 is 0 Å². The molecular formula is C14H20O2. The van der Waals surface area contributed by atoms with E-state index in [1.165, 1.54) is 0 Å². The second-order valence-electron chi connectivity index (χ2n) is 4.47. The number of rotatable bonds is 5. The Morgan fingerprint density at radius 2 is 2.06 bits per heavy atom. The first-order valence-electron chi connectivity index (χ1n) is 5.92. The van der Waals surface area contributed by atoms with Gasteiger partial charge in [0.25, 0.3) is 0 Å². The molecule has 2 heteroatoms. The molecule has 0 fully saturated rings. The van der Waals surface area contributed by atoms with Crippen LogP contribution in [0.4, 0.5) is 0 Å². The van der Waals surface area contributed by atoms with Gasteiger partial charge in [-0.05, 0) is 30.5 Å². The smallest absolute Gasteiger partial charge is 0.169 e. The summed E-state index contributed by atoms with van der Waals surface area (Å²) in [6, 6.07) is 5.34. The second-order valence-corrected chi connectivity index (χ2v) is 4.47. The molecule has 1 aromatic carbocycles. The summed E-state index contributed by atoms with van der Waals surface area (Å²) in [6.45, 7) is 5.83. The fourth-order valence-corrected chi connectivity index (χ4v) is 1.63. The van der Waals surface area contributed by atoms with Crippen LogP contribution in [0.5, 0.6) is 5.75 Å². The predicted molar refractivity (Wildman–Crippen MR) is 65.9 cm³/mol. The average Bonchev–Trinajstić information content (AvgIpc) is 2.27. The Bertz CT molecular complexity index is 367. The highest BCUT2D eigenvalue weighted by atomic mass is 16.3. The minimum atomic E-state index is -0.0766. The van der Waals surface area contributed by atoms with Gasteiger partial charge in [0.2, 0.25) is 0 Å². The Morgan fingerprint density at radius 1 is 1.38 bits per heavy atom. The molecule has 0 aliphatic carbocycles. The van der Waals surface area contributed by atoms with Crippen LogP contribution in [0.15, 0.2) is 18.2 Å². The number of Topliss-reactive ketones (excluding diaryl/α,β-unsaturated/α-hetero) is 1. The maximum Gasteiger partial charge on any atom is 0.169 e. The summed E-state index contributed by atoms with van der Waals surface area (Å²) in [4.78, 5) is 11.8. The van der Waals surface area contributed by atoms with E-state index >= 15 is 0 Å². The normalized spacial score (nSPS) is 10.8. The molecule has 0 amide bonds. The quantitative estimate of drug-likeness (QED) is 0.770. The van der Waals surface area contributed by atoms with E-state index in [0.717, 1.165) is 24.8 Å². The van der Waals surface area contributed by atoms with Gasteiger partial charge in [-0.3, -0.25) is 4.79 Å². The van der Waals surface area contributed by atoms with Gasteiger partial charge in [0.15, 0.2) is 5.78 Å². The van der Waals surface area contributed by atoms with Gasteiger partial charge in [-0.25, -0.2) is 0 Å². The molecule has 0 aliphatic heterocycles. The van der Waals surface area contributed by atoms with Crippen LogP contribution in [-0.4, -0.2) is 10.9 Å². The van der Waals surface area contributed by atoms with Crippen molar-refractivity contribution in [1.82, 2.24) is 0 Å². The molecule has 1 aromatic rings. The van der Waals surface area contributed by atoms with Crippen molar-refractivity contribution < 1.29 is 9.90 Å². The first-order chi connectivity index (χ1) is 7.56. The van der Waals surface area contributed by atoms with Gasteiger partial charge in [-0.15, -0.1) is 0 Å². The van der Waals surface area contributed by atoms with Gasteiger partial charge in [0, 0.05) is 5.92 Å². The van der Waals surface area contributed by atoms with Crippen LogP contribution in [0.25, 0.3) is 0 Å². The Kier molecular flexibility index (Phi) is 4.53. The van der Waals surface area contributed by atoms with Crippen molar-refractivity contribution in [2.45, 2.75) is 40.0 Å². The number of carbonyl (C=O) groups is 1. The van der Waals surface area contributed by atoms with Crippen LogP contribution in [0.1, 0.15) is 49.5 Å². The molecule has 1 rings (SSSR count). The highest BCUT2D eigenvalue weighted by molar-refractivity contribution is 5.99. The Labute approximate surface area is 97.3 Å². The van der Waals surface area contributed by atoms with E-state index < -0.39 is 0 Å². The number of ketones is 1. The minimum Gasteiger partial charge on any atom is -0.507 e. The molecule has 0 bridgehead atoms. The second kappa shape index (κ2) is 5.69. The molecule has 1 N–H and O–H groups in total. The number of aryl methyl sites for hydroxylation is 1. The summed E-state index contributed by atoms with van der Waals surface area (Å²) >= 11 is 0.